The second kappa shape index (κ2) is 7.28. The highest BCUT2D eigenvalue weighted by Crippen LogP contribution is 2.40. The first-order valence-corrected chi connectivity index (χ1v) is 8.03. The number of ether oxygens (including phenoxy) is 2. The van der Waals surface area contributed by atoms with E-state index in [-0.39, 0.29) is 0 Å². The lowest BCUT2D eigenvalue weighted by Crippen LogP contribution is -2.34. The molecule has 2 rings (SSSR count). The summed E-state index contributed by atoms with van der Waals surface area (Å²) in [5.74, 6) is 1.76. The Balaban J connectivity index is 2.08. The maximum atomic E-state index is 5.67. The molecule has 1 atom stereocenters. The first-order chi connectivity index (χ1) is 10.1. The maximum absolute atomic E-state index is 5.67. The van der Waals surface area contributed by atoms with Crippen LogP contribution in [0.15, 0.2) is 12.1 Å². The summed E-state index contributed by atoms with van der Waals surface area (Å²) in [4.78, 5) is 0. The Morgan fingerprint density at radius 3 is 2.57 bits per heavy atom. The molecule has 0 aliphatic heterocycles. The molecule has 3 nitrogen and oxygen atoms in total. The Bertz CT molecular complexity index is 467. The Labute approximate surface area is 129 Å². The van der Waals surface area contributed by atoms with Gasteiger partial charge in [-0.2, -0.15) is 0 Å². The molecule has 0 amide bonds. The topological polar surface area (TPSA) is 30.5 Å². The van der Waals surface area contributed by atoms with Crippen molar-refractivity contribution in [3.05, 3.63) is 28.8 Å². The summed E-state index contributed by atoms with van der Waals surface area (Å²) in [5.41, 5.74) is 3.88. The largest absolute Gasteiger partial charge is 0.496 e. The van der Waals surface area contributed by atoms with Gasteiger partial charge in [0.25, 0.3) is 0 Å². The number of aryl methyl sites for hydroxylation is 2. The Morgan fingerprint density at radius 1 is 1.29 bits per heavy atom. The van der Waals surface area contributed by atoms with E-state index in [4.69, 9.17) is 9.47 Å². The van der Waals surface area contributed by atoms with Gasteiger partial charge in [-0.1, -0.05) is 6.07 Å². The van der Waals surface area contributed by atoms with E-state index >= 15 is 0 Å². The third-order valence-electron chi connectivity index (χ3n) is 4.57. The molecule has 0 bridgehead atoms. The van der Waals surface area contributed by atoms with Crippen molar-refractivity contribution in [2.24, 2.45) is 5.92 Å². The Morgan fingerprint density at radius 2 is 2.00 bits per heavy atom. The van der Waals surface area contributed by atoms with Gasteiger partial charge in [0, 0.05) is 18.2 Å². The smallest absolute Gasteiger partial charge is 0.124 e. The fourth-order valence-corrected chi connectivity index (χ4v) is 3.51. The zero-order chi connectivity index (χ0) is 15.4. The molecule has 1 aromatic rings. The van der Waals surface area contributed by atoms with Crippen LogP contribution in [0.2, 0.25) is 0 Å². The molecule has 0 saturated heterocycles. The number of nitrogens with one attached hydrogen (secondary N) is 1. The predicted octanol–water partition coefficient (Wildman–Crippen LogP) is 3.78. The van der Waals surface area contributed by atoms with Crippen molar-refractivity contribution in [3.63, 3.8) is 0 Å². The number of benzene rings is 1. The van der Waals surface area contributed by atoms with Crippen LogP contribution >= 0.6 is 0 Å². The third-order valence-corrected chi connectivity index (χ3v) is 4.57. The minimum absolute atomic E-state index is 0.355. The quantitative estimate of drug-likeness (QED) is 0.829. The summed E-state index contributed by atoms with van der Waals surface area (Å²) in [6.45, 7) is 7.20. The predicted molar refractivity (Wildman–Crippen MR) is 87.0 cm³/mol. The zero-order valence-corrected chi connectivity index (χ0v) is 14.0. The number of methoxy groups -OCH3 is 1. The molecule has 118 valence electrons. The van der Waals surface area contributed by atoms with Crippen LogP contribution in [0.1, 0.15) is 48.9 Å². The van der Waals surface area contributed by atoms with Gasteiger partial charge in [-0.25, -0.2) is 0 Å². The van der Waals surface area contributed by atoms with E-state index in [2.05, 4.69) is 38.2 Å². The van der Waals surface area contributed by atoms with E-state index < -0.39 is 0 Å². The average Bonchev–Trinajstić information content (AvgIpc) is 2.41. The van der Waals surface area contributed by atoms with Crippen LogP contribution in [0.25, 0.3) is 0 Å². The molecule has 0 aromatic heterocycles. The molecular formula is C18H29NO2. The number of rotatable bonds is 7. The lowest BCUT2D eigenvalue weighted by Gasteiger charge is -2.37. The summed E-state index contributed by atoms with van der Waals surface area (Å²) in [6.07, 6.45) is 4.03. The molecule has 0 spiro atoms. The van der Waals surface area contributed by atoms with Gasteiger partial charge >= 0.3 is 0 Å². The van der Waals surface area contributed by atoms with Gasteiger partial charge in [0.15, 0.2) is 0 Å². The average molecular weight is 291 g/mol. The molecular weight excluding hydrogens is 262 g/mol. The molecule has 1 saturated carbocycles. The first-order valence-electron chi connectivity index (χ1n) is 8.03. The Hall–Kier alpha value is -1.06. The van der Waals surface area contributed by atoms with Crippen molar-refractivity contribution in [2.75, 3.05) is 20.8 Å². The van der Waals surface area contributed by atoms with Crippen molar-refractivity contribution in [3.8, 4) is 5.75 Å². The molecule has 3 heteroatoms. The van der Waals surface area contributed by atoms with Gasteiger partial charge in [0.2, 0.25) is 0 Å². The van der Waals surface area contributed by atoms with Gasteiger partial charge in [0.1, 0.15) is 5.75 Å². The standard InChI is InChI=1S/C18H29NO2/c1-6-21-15-9-14(10-15)11-16(19-4)18-13(3)7-12(2)8-17(18)20-5/h7-8,14-16,19H,6,9-11H2,1-5H3. The summed E-state index contributed by atoms with van der Waals surface area (Å²) < 4.78 is 11.3. The van der Waals surface area contributed by atoms with E-state index in [1.54, 1.807) is 7.11 Å². The van der Waals surface area contributed by atoms with Crippen molar-refractivity contribution >= 4 is 0 Å². The summed E-state index contributed by atoms with van der Waals surface area (Å²) in [7, 11) is 3.81. The third kappa shape index (κ3) is 3.78. The summed E-state index contributed by atoms with van der Waals surface area (Å²) in [6, 6.07) is 4.73. The van der Waals surface area contributed by atoms with Gasteiger partial charge in [-0.05, 0) is 70.2 Å². The molecule has 1 aromatic carbocycles. The second-order valence-corrected chi connectivity index (χ2v) is 6.19. The van der Waals surface area contributed by atoms with Crippen LogP contribution in [-0.2, 0) is 4.74 Å². The van der Waals surface area contributed by atoms with Crippen molar-refractivity contribution in [2.45, 2.75) is 52.2 Å². The van der Waals surface area contributed by atoms with E-state index in [0.29, 0.717) is 12.1 Å². The fourth-order valence-electron chi connectivity index (χ4n) is 3.51. The van der Waals surface area contributed by atoms with E-state index in [0.717, 1.165) is 24.7 Å². The van der Waals surface area contributed by atoms with Crippen LogP contribution in [0.4, 0.5) is 0 Å². The summed E-state index contributed by atoms with van der Waals surface area (Å²) >= 11 is 0. The minimum atomic E-state index is 0.355. The maximum Gasteiger partial charge on any atom is 0.124 e. The van der Waals surface area contributed by atoms with Crippen LogP contribution in [-0.4, -0.2) is 26.9 Å². The first kappa shape index (κ1) is 16.3. The minimum Gasteiger partial charge on any atom is -0.496 e. The normalized spacial score (nSPS) is 22.7. The molecule has 1 aliphatic carbocycles. The monoisotopic (exact) mass is 291 g/mol. The fraction of sp³-hybridized carbons (Fsp3) is 0.667. The SMILES string of the molecule is CCOC1CC(CC(NC)c2c(C)cc(C)cc2OC)C1. The molecule has 21 heavy (non-hydrogen) atoms. The van der Waals surface area contributed by atoms with Gasteiger partial charge in [-0.3, -0.25) is 0 Å². The van der Waals surface area contributed by atoms with Crippen molar-refractivity contribution in [1.29, 1.82) is 0 Å². The van der Waals surface area contributed by atoms with Crippen molar-refractivity contribution < 1.29 is 9.47 Å². The zero-order valence-electron chi connectivity index (χ0n) is 14.0. The molecule has 0 radical (unpaired) electrons. The van der Waals surface area contributed by atoms with Gasteiger partial charge in [0.05, 0.1) is 13.2 Å². The highest BCUT2D eigenvalue weighted by atomic mass is 16.5. The second-order valence-electron chi connectivity index (χ2n) is 6.19. The molecule has 1 aliphatic rings. The van der Waals surface area contributed by atoms with E-state index in [9.17, 15) is 0 Å². The van der Waals surface area contributed by atoms with Crippen LogP contribution < -0.4 is 10.1 Å². The van der Waals surface area contributed by atoms with E-state index in [1.807, 2.05) is 7.05 Å². The summed E-state index contributed by atoms with van der Waals surface area (Å²) in [5, 5.41) is 3.48. The molecule has 1 N–H and O–H groups in total. The molecule has 1 fully saturated rings. The van der Waals surface area contributed by atoms with Gasteiger partial charge < -0.3 is 14.8 Å². The van der Waals surface area contributed by atoms with Crippen LogP contribution in [0.5, 0.6) is 5.75 Å². The Kier molecular flexibility index (Phi) is 5.65. The van der Waals surface area contributed by atoms with E-state index in [1.165, 1.54) is 29.5 Å². The van der Waals surface area contributed by atoms with Crippen molar-refractivity contribution in [1.82, 2.24) is 5.32 Å². The lowest BCUT2D eigenvalue weighted by atomic mass is 9.76. The number of hydrogen-bond donors (Lipinski definition) is 1. The molecule has 1 unspecified atom stereocenters. The van der Waals surface area contributed by atoms with Crippen LogP contribution in [0.3, 0.4) is 0 Å². The highest BCUT2D eigenvalue weighted by Gasteiger charge is 2.32. The lowest BCUT2D eigenvalue weighted by molar-refractivity contribution is -0.0290. The number of hydrogen-bond acceptors (Lipinski definition) is 3. The van der Waals surface area contributed by atoms with Gasteiger partial charge in [-0.15, -0.1) is 0 Å². The highest BCUT2D eigenvalue weighted by molar-refractivity contribution is 5.45. The molecule has 0 heterocycles. The van der Waals surface area contributed by atoms with Crippen LogP contribution in [0, 0.1) is 19.8 Å².